The molecule has 0 aromatic heterocycles. The Kier molecular flexibility index (Phi) is 7.33. The standard InChI is InChI=1S/C25H29N3O7/c1-14(22(30)28-13-21(29)26-16-9-7-8-10-18(16)28)35-23(31)15-11-19(33-5)20(34-6)12-17(15)27-24(32)25(2,3)4/h7-12,14H,13H2,1-6H3,(H,26,29)(H,27,32). The quantitative estimate of drug-likeness (QED) is 0.605. The molecule has 10 heteroatoms. The SMILES string of the molecule is COc1cc(NC(=O)C(C)(C)C)c(C(=O)OC(C)C(=O)N2CC(=O)Nc3ccccc32)cc1OC. The number of rotatable bonds is 6. The van der Waals surface area contributed by atoms with E-state index >= 15 is 0 Å². The van der Waals surface area contributed by atoms with Crippen molar-refractivity contribution in [2.45, 2.75) is 33.8 Å². The van der Waals surface area contributed by atoms with Gasteiger partial charge in [0.25, 0.3) is 5.91 Å². The van der Waals surface area contributed by atoms with Crippen molar-refractivity contribution in [3.05, 3.63) is 42.0 Å². The maximum Gasteiger partial charge on any atom is 0.341 e. The Morgan fingerprint density at radius 1 is 1.06 bits per heavy atom. The van der Waals surface area contributed by atoms with E-state index in [2.05, 4.69) is 10.6 Å². The van der Waals surface area contributed by atoms with Crippen molar-refractivity contribution < 1.29 is 33.4 Å². The molecule has 0 saturated heterocycles. The van der Waals surface area contributed by atoms with Crippen molar-refractivity contribution in [1.29, 1.82) is 0 Å². The van der Waals surface area contributed by atoms with Crippen LogP contribution >= 0.6 is 0 Å². The van der Waals surface area contributed by atoms with Crippen LogP contribution in [-0.4, -0.2) is 50.6 Å². The second-order valence-electron chi connectivity index (χ2n) is 8.99. The summed E-state index contributed by atoms with van der Waals surface area (Å²) in [5.41, 5.74) is 0.387. The number of ether oxygens (including phenoxy) is 3. The molecule has 0 spiro atoms. The second-order valence-corrected chi connectivity index (χ2v) is 8.99. The predicted molar refractivity (Wildman–Crippen MR) is 130 cm³/mol. The lowest BCUT2D eigenvalue weighted by Gasteiger charge is -2.30. The van der Waals surface area contributed by atoms with Gasteiger partial charge in [0.15, 0.2) is 17.6 Å². The molecule has 3 amide bonds. The van der Waals surface area contributed by atoms with E-state index < -0.39 is 23.4 Å². The summed E-state index contributed by atoms with van der Waals surface area (Å²) >= 11 is 0. The summed E-state index contributed by atoms with van der Waals surface area (Å²) in [5, 5.41) is 5.42. The molecule has 1 unspecified atom stereocenters. The molecule has 0 saturated carbocycles. The summed E-state index contributed by atoms with van der Waals surface area (Å²) in [5.74, 6) is -1.57. The Morgan fingerprint density at radius 2 is 1.69 bits per heavy atom. The minimum atomic E-state index is -1.22. The molecule has 10 nitrogen and oxygen atoms in total. The van der Waals surface area contributed by atoms with Gasteiger partial charge in [-0.25, -0.2) is 4.79 Å². The summed E-state index contributed by atoms with van der Waals surface area (Å²) in [6, 6.07) is 9.67. The molecular formula is C25H29N3O7. The van der Waals surface area contributed by atoms with Gasteiger partial charge in [-0.15, -0.1) is 0 Å². The van der Waals surface area contributed by atoms with Gasteiger partial charge in [-0.05, 0) is 19.1 Å². The summed E-state index contributed by atoms with van der Waals surface area (Å²) in [6.07, 6.45) is -1.22. The third kappa shape index (κ3) is 5.53. The largest absolute Gasteiger partial charge is 0.493 e. The molecule has 1 atom stereocenters. The summed E-state index contributed by atoms with van der Waals surface area (Å²) in [4.78, 5) is 52.3. The minimum absolute atomic E-state index is 0.0170. The molecule has 0 aliphatic carbocycles. The van der Waals surface area contributed by atoms with Crippen LogP contribution in [0.25, 0.3) is 0 Å². The van der Waals surface area contributed by atoms with E-state index in [1.807, 2.05) is 0 Å². The number of carbonyl (C=O) groups is 4. The van der Waals surface area contributed by atoms with Gasteiger partial charge in [0.1, 0.15) is 6.54 Å². The van der Waals surface area contributed by atoms with E-state index in [4.69, 9.17) is 14.2 Å². The molecule has 0 bridgehead atoms. The van der Waals surface area contributed by atoms with Crippen molar-refractivity contribution in [1.82, 2.24) is 0 Å². The fraction of sp³-hybridized carbons (Fsp3) is 0.360. The number of benzene rings is 2. The van der Waals surface area contributed by atoms with Crippen LogP contribution in [0.1, 0.15) is 38.1 Å². The zero-order valence-electron chi connectivity index (χ0n) is 20.6. The first-order chi connectivity index (χ1) is 16.5. The van der Waals surface area contributed by atoms with Gasteiger partial charge in [0.05, 0.1) is 36.8 Å². The lowest BCUT2D eigenvalue weighted by Crippen LogP contribution is -2.47. The maximum atomic E-state index is 13.2. The third-order valence-corrected chi connectivity index (χ3v) is 5.34. The highest BCUT2D eigenvalue weighted by Crippen LogP contribution is 2.35. The lowest BCUT2D eigenvalue weighted by molar-refractivity contribution is -0.128. The number of carbonyl (C=O) groups excluding carboxylic acids is 4. The van der Waals surface area contributed by atoms with Crippen molar-refractivity contribution in [2.75, 3.05) is 36.3 Å². The van der Waals surface area contributed by atoms with E-state index in [9.17, 15) is 19.2 Å². The smallest absolute Gasteiger partial charge is 0.341 e. The molecule has 0 radical (unpaired) electrons. The lowest BCUT2D eigenvalue weighted by atomic mass is 9.95. The number of amides is 3. The highest BCUT2D eigenvalue weighted by molar-refractivity contribution is 6.11. The number of para-hydroxylation sites is 2. The maximum absolute atomic E-state index is 13.2. The van der Waals surface area contributed by atoms with Gasteiger partial charge >= 0.3 is 5.97 Å². The van der Waals surface area contributed by atoms with Crippen molar-refractivity contribution in [2.24, 2.45) is 5.41 Å². The van der Waals surface area contributed by atoms with Crippen LogP contribution in [0.2, 0.25) is 0 Å². The molecule has 2 aromatic carbocycles. The molecule has 1 aliphatic rings. The average molecular weight is 484 g/mol. The molecule has 0 fully saturated rings. The first kappa shape index (κ1) is 25.5. The van der Waals surface area contributed by atoms with Gasteiger partial charge in [0.2, 0.25) is 11.8 Å². The predicted octanol–water partition coefficient (Wildman–Crippen LogP) is 3.22. The normalized spacial score (nSPS) is 13.8. The van der Waals surface area contributed by atoms with Gasteiger partial charge in [0, 0.05) is 17.5 Å². The number of anilines is 3. The molecule has 1 heterocycles. The number of hydrogen-bond acceptors (Lipinski definition) is 7. The number of nitrogens with one attached hydrogen (secondary N) is 2. The van der Waals surface area contributed by atoms with Crippen LogP contribution in [-0.2, 0) is 19.1 Å². The van der Waals surface area contributed by atoms with Gasteiger partial charge in [-0.2, -0.15) is 0 Å². The highest BCUT2D eigenvalue weighted by Gasteiger charge is 2.32. The summed E-state index contributed by atoms with van der Waals surface area (Å²) in [7, 11) is 2.84. The van der Waals surface area contributed by atoms with E-state index in [1.165, 1.54) is 38.2 Å². The Balaban J connectivity index is 1.89. The van der Waals surface area contributed by atoms with Crippen molar-refractivity contribution in [3.63, 3.8) is 0 Å². The number of esters is 1. The van der Waals surface area contributed by atoms with Crippen LogP contribution in [0.15, 0.2) is 36.4 Å². The van der Waals surface area contributed by atoms with Gasteiger partial charge < -0.3 is 24.8 Å². The molecule has 35 heavy (non-hydrogen) atoms. The van der Waals surface area contributed by atoms with Crippen molar-refractivity contribution >= 4 is 40.8 Å². The van der Waals surface area contributed by atoms with Crippen LogP contribution in [0, 0.1) is 5.41 Å². The molecule has 186 valence electrons. The topological polar surface area (TPSA) is 123 Å². The second kappa shape index (κ2) is 10.0. The number of nitrogens with zero attached hydrogens (tertiary/aromatic N) is 1. The molecular weight excluding hydrogens is 454 g/mol. The van der Waals surface area contributed by atoms with Crippen LogP contribution in [0.3, 0.4) is 0 Å². The van der Waals surface area contributed by atoms with Crippen LogP contribution < -0.4 is 25.0 Å². The van der Waals surface area contributed by atoms with Crippen LogP contribution in [0.5, 0.6) is 11.5 Å². The van der Waals surface area contributed by atoms with Crippen LogP contribution in [0.4, 0.5) is 17.1 Å². The number of methoxy groups -OCH3 is 2. The zero-order valence-corrected chi connectivity index (χ0v) is 20.6. The van der Waals surface area contributed by atoms with Crippen molar-refractivity contribution in [3.8, 4) is 11.5 Å². The zero-order chi connectivity index (χ0) is 25.9. The fourth-order valence-electron chi connectivity index (χ4n) is 3.38. The Morgan fingerprint density at radius 3 is 2.31 bits per heavy atom. The molecule has 2 N–H and O–H groups in total. The van der Waals surface area contributed by atoms with Gasteiger partial charge in [-0.1, -0.05) is 32.9 Å². The van der Waals surface area contributed by atoms with Gasteiger partial charge in [-0.3, -0.25) is 19.3 Å². The summed E-state index contributed by atoms with van der Waals surface area (Å²) in [6.45, 7) is 6.40. The van der Waals surface area contributed by atoms with E-state index in [0.717, 1.165) is 0 Å². The highest BCUT2D eigenvalue weighted by atomic mass is 16.5. The first-order valence-corrected chi connectivity index (χ1v) is 10.9. The number of fused-ring (bicyclic) bond motifs is 1. The molecule has 1 aliphatic heterocycles. The minimum Gasteiger partial charge on any atom is -0.493 e. The monoisotopic (exact) mass is 483 g/mol. The number of hydrogen-bond donors (Lipinski definition) is 2. The average Bonchev–Trinajstić information content (AvgIpc) is 2.81. The Hall–Kier alpha value is -4.08. The van der Waals surface area contributed by atoms with E-state index in [-0.39, 0.29) is 35.4 Å². The molecule has 2 aromatic rings. The fourth-order valence-corrected chi connectivity index (χ4v) is 3.38. The Bertz CT molecular complexity index is 1170. The Labute approximate surface area is 203 Å². The molecule has 3 rings (SSSR count). The van der Waals surface area contributed by atoms with E-state index in [0.29, 0.717) is 17.1 Å². The first-order valence-electron chi connectivity index (χ1n) is 10.9. The third-order valence-electron chi connectivity index (χ3n) is 5.34. The summed E-state index contributed by atoms with van der Waals surface area (Å²) < 4.78 is 16.1. The van der Waals surface area contributed by atoms with E-state index in [1.54, 1.807) is 45.0 Å².